The Morgan fingerprint density at radius 2 is 1.88 bits per heavy atom. The van der Waals surface area contributed by atoms with Crippen LogP contribution in [0.25, 0.3) is 21.3 Å². The van der Waals surface area contributed by atoms with Crippen LogP contribution in [0.1, 0.15) is 0 Å². The Morgan fingerprint density at radius 1 is 1.06 bits per heavy atom. The molecule has 1 aromatic carbocycles. The van der Waals surface area contributed by atoms with Gasteiger partial charge in [0.2, 0.25) is 0 Å². The van der Waals surface area contributed by atoms with Gasteiger partial charge in [-0.1, -0.05) is 17.8 Å². The zero-order valence-electron chi connectivity index (χ0n) is 9.25. The zero-order valence-corrected chi connectivity index (χ0v) is 10.9. The maximum absolute atomic E-state index is 4.54. The van der Waals surface area contributed by atoms with E-state index in [0.29, 0.717) is 0 Å². The van der Waals surface area contributed by atoms with E-state index in [4.69, 9.17) is 0 Å². The van der Waals surface area contributed by atoms with Crippen molar-refractivity contribution >= 4 is 33.3 Å². The van der Waals surface area contributed by atoms with E-state index in [-0.39, 0.29) is 0 Å². The van der Waals surface area contributed by atoms with E-state index < -0.39 is 0 Å². The second-order valence-corrected chi connectivity index (χ2v) is 5.69. The summed E-state index contributed by atoms with van der Waals surface area (Å²) in [5, 5.41) is 0. The Bertz CT molecular complexity index is 647. The number of nitrogens with zero attached hydrogens (tertiary/aromatic N) is 2. The molecule has 4 heteroatoms. The molecular formula is C13H10N2S2. The molecule has 0 N–H and O–H groups in total. The summed E-state index contributed by atoms with van der Waals surface area (Å²) in [5.41, 5.74) is 3.49. The van der Waals surface area contributed by atoms with E-state index in [1.807, 2.05) is 24.5 Å². The number of pyridine rings is 1. The first kappa shape index (κ1) is 10.7. The molecule has 0 bridgehead atoms. The first-order chi connectivity index (χ1) is 8.36. The van der Waals surface area contributed by atoms with Crippen LogP contribution in [0.15, 0.2) is 47.1 Å². The number of thioether (sulfide) groups is 1. The first-order valence-corrected chi connectivity index (χ1v) is 7.26. The molecule has 2 nitrogen and oxygen atoms in total. The van der Waals surface area contributed by atoms with Gasteiger partial charge in [-0.2, -0.15) is 0 Å². The Balaban J connectivity index is 2.13. The number of hydrogen-bond donors (Lipinski definition) is 0. The lowest BCUT2D eigenvalue weighted by Gasteiger charge is -1.99. The predicted octanol–water partition coefficient (Wildman–Crippen LogP) is 4.08. The highest BCUT2D eigenvalue weighted by molar-refractivity contribution is 8.00. The summed E-state index contributed by atoms with van der Waals surface area (Å²) in [6.07, 6.45) is 5.69. The number of hydrogen-bond acceptors (Lipinski definition) is 4. The van der Waals surface area contributed by atoms with Gasteiger partial charge < -0.3 is 0 Å². The second-order valence-electron chi connectivity index (χ2n) is 3.60. The summed E-state index contributed by atoms with van der Waals surface area (Å²) in [5.74, 6) is 0. The van der Waals surface area contributed by atoms with Crippen molar-refractivity contribution in [1.29, 1.82) is 0 Å². The lowest BCUT2D eigenvalue weighted by molar-refractivity contribution is 1.31. The number of fused-ring (bicyclic) bond motifs is 1. The third-order valence-corrected chi connectivity index (χ3v) is 4.56. The average molecular weight is 258 g/mol. The van der Waals surface area contributed by atoms with Crippen molar-refractivity contribution in [2.24, 2.45) is 0 Å². The van der Waals surface area contributed by atoms with Gasteiger partial charge >= 0.3 is 0 Å². The second kappa shape index (κ2) is 4.47. The number of aromatic nitrogens is 2. The van der Waals surface area contributed by atoms with E-state index in [1.165, 1.54) is 15.8 Å². The lowest BCUT2D eigenvalue weighted by atomic mass is 10.1. The molecule has 0 fully saturated rings. The fourth-order valence-electron chi connectivity index (χ4n) is 1.71. The summed E-state index contributed by atoms with van der Waals surface area (Å²) >= 11 is 3.44. The van der Waals surface area contributed by atoms with E-state index in [9.17, 15) is 0 Å². The average Bonchev–Trinajstić information content (AvgIpc) is 2.81. The summed E-state index contributed by atoms with van der Waals surface area (Å²) < 4.78 is 2.36. The van der Waals surface area contributed by atoms with Crippen molar-refractivity contribution in [2.75, 3.05) is 6.26 Å². The van der Waals surface area contributed by atoms with Gasteiger partial charge in [-0.3, -0.25) is 4.98 Å². The molecular weight excluding hydrogens is 248 g/mol. The van der Waals surface area contributed by atoms with Crippen molar-refractivity contribution in [1.82, 2.24) is 9.97 Å². The quantitative estimate of drug-likeness (QED) is 0.648. The van der Waals surface area contributed by atoms with E-state index >= 15 is 0 Å². The number of thiazole rings is 1. The Morgan fingerprint density at radius 3 is 2.65 bits per heavy atom. The molecule has 0 spiro atoms. The molecule has 2 heterocycles. The van der Waals surface area contributed by atoms with Gasteiger partial charge in [0.1, 0.15) is 0 Å². The van der Waals surface area contributed by atoms with Crippen LogP contribution in [0.4, 0.5) is 0 Å². The molecule has 0 aliphatic rings. The molecule has 0 saturated heterocycles. The van der Waals surface area contributed by atoms with Crippen LogP contribution in [0.2, 0.25) is 0 Å². The monoisotopic (exact) mass is 258 g/mol. The van der Waals surface area contributed by atoms with Gasteiger partial charge in [0.15, 0.2) is 4.34 Å². The van der Waals surface area contributed by atoms with Crippen molar-refractivity contribution in [3.05, 3.63) is 42.7 Å². The van der Waals surface area contributed by atoms with Gasteiger partial charge in [0.25, 0.3) is 0 Å². The van der Waals surface area contributed by atoms with Gasteiger partial charge in [-0.05, 0) is 41.6 Å². The van der Waals surface area contributed by atoms with Crippen LogP contribution >= 0.6 is 23.1 Å². The summed E-state index contributed by atoms with van der Waals surface area (Å²) in [6.45, 7) is 0. The van der Waals surface area contributed by atoms with Crippen LogP contribution in [-0.2, 0) is 0 Å². The molecule has 0 aliphatic heterocycles. The minimum Gasteiger partial charge on any atom is -0.265 e. The van der Waals surface area contributed by atoms with Crippen LogP contribution in [-0.4, -0.2) is 16.2 Å². The molecule has 0 amide bonds. The molecule has 0 radical (unpaired) electrons. The van der Waals surface area contributed by atoms with E-state index in [2.05, 4.69) is 34.4 Å². The summed E-state index contributed by atoms with van der Waals surface area (Å²) in [7, 11) is 0. The largest absolute Gasteiger partial charge is 0.265 e. The van der Waals surface area contributed by atoms with Crippen molar-refractivity contribution < 1.29 is 0 Å². The van der Waals surface area contributed by atoms with Gasteiger partial charge in [-0.25, -0.2) is 4.98 Å². The van der Waals surface area contributed by atoms with Crippen molar-refractivity contribution in [2.45, 2.75) is 4.34 Å². The van der Waals surface area contributed by atoms with Crippen LogP contribution in [0.3, 0.4) is 0 Å². The highest BCUT2D eigenvalue weighted by Crippen LogP contribution is 2.31. The number of rotatable bonds is 2. The highest BCUT2D eigenvalue weighted by atomic mass is 32.2. The van der Waals surface area contributed by atoms with Crippen molar-refractivity contribution in [3.63, 3.8) is 0 Å². The molecule has 3 aromatic rings. The maximum atomic E-state index is 4.54. The van der Waals surface area contributed by atoms with Gasteiger partial charge in [-0.15, -0.1) is 11.3 Å². The zero-order chi connectivity index (χ0) is 11.7. The predicted molar refractivity (Wildman–Crippen MR) is 74.6 cm³/mol. The minimum atomic E-state index is 1.08. The lowest BCUT2D eigenvalue weighted by Crippen LogP contribution is -1.77. The minimum absolute atomic E-state index is 1.08. The fraction of sp³-hybridized carbons (Fsp3) is 0.0769. The molecule has 17 heavy (non-hydrogen) atoms. The van der Waals surface area contributed by atoms with Gasteiger partial charge in [0.05, 0.1) is 10.2 Å². The molecule has 2 aromatic heterocycles. The fourth-order valence-corrected chi connectivity index (χ4v) is 3.24. The summed E-state index contributed by atoms with van der Waals surface area (Å²) in [4.78, 5) is 8.57. The van der Waals surface area contributed by atoms with Crippen molar-refractivity contribution in [3.8, 4) is 11.1 Å². The SMILES string of the molecule is CSc1nc2ccc(-c3ccncc3)cc2s1. The Labute approximate surface area is 108 Å². The Hall–Kier alpha value is -1.39. The van der Waals surface area contributed by atoms with E-state index in [0.717, 1.165) is 9.86 Å². The molecule has 0 unspecified atom stereocenters. The van der Waals surface area contributed by atoms with Crippen LogP contribution < -0.4 is 0 Å². The molecule has 0 atom stereocenters. The number of benzene rings is 1. The van der Waals surface area contributed by atoms with Gasteiger partial charge in [0, 0.05) is 12.4 Å². The molecule has 0 saturated carbocycles. The third-order valence-electron chi connectivity index (χ3n) is 2.56. The highest BCUT2D eigenvalue weighted by Gasteiger charge is 2.04. The van der Waals surface area contributed by atoms with E-state index in [1.54, 1.807) is 23.1 Å². The van der Waals surface area contributed by atoms with Crippen LogP contribution in [0.5, 0.6) is 0 Å². The first-order valence-electron chi connectivity index (χ1n) is 5.22. The normalized spacial score (nSPS) is 10.9. The maximum Gasteiger partial charge on any atom is 0.150 e. The molecule has 3 rings (SSSR count). The third kappa shape index (κ3) is 2.06. The molecule has 0 aliphatic carbocycles. The standard InChI is InChI=1S/C13H10N2S2/c1-16-13-15-11-3-2-10(8-12(11)17-13)9-4-6-14-7-5-9/h2-8H,1H3. The Kier molecular flexibility index (Phi) is 2.82. The molecule has 84 valence electrons. The topological polar surface area (TPSA) is 25.8 Å². The van der Waals surface area contributed by atoms with Crippen LogP contribution in [0, 0.1) is 0 Å². The summed E-state index contributed by atoms with van der Waals surface area (Å²) in [6, 6.07) is 10.4. The smallest absolute Gasteiger partial charge is 0.150 e.